The first kappa shape index (κ1) is 15.8. The van der Waals surface area contributed by atoms with Gasteiger partial charge in [-0.1, -0.05) is 60.7 Å². The van der Waals surface area contributed by atoms with Gasteiger partial charge >= 0.3 is 0 Å². The number of anilines is 2. The third kappa shape index (κ3) is 1.87. The van der Waals surface area contributed by atoms with Crippen molar-refractivity contribution in [2.45, 2.75) is 24.7 Å². The van der Waals surface area contributed by atoms with Crippen molar-refractivity contribution < 1.29 is 9.53 Å². The highest BCUT2D eigenvalue weighted by Gasteiger charge is 2.66. The van der Waals surface area contributed by atoms with Crippen LogP contribution in [0.2, 0.25) is 0 Å². The summed E-state index contributed by atoms with van der Waals surface area (Å²) in [5.74, 6) is 0.744. The zero-order chi connectivity index (χ0) is 18.7. The van der Waals surface area contributed by atoms with E-state index in [1.807, 2.05) is 71.6 Å². The summed E-state index contributed by atoms with van der Waals surface area (Å²) in [6.07, 6.45) is 1.69. The SMILES string of the molecule is O=C1[C@H]2CC[C@H](N1c1ccccc1)N1c3ccccc3O[C@@]21c1ccccc1. The molecular weight excluding hydrogens is 348 g/mol. The summed E-state index contributed by atoms with van der Waals surface area (Å²) in [6.45, 7) is 0. The van der Waals surface area contributed by atoms with Gasteiger partial charge in [-0.2, -0.15) is 0 Å². The van der Waals surface area contributed by atoms with Crippen LogP contribution in [0.3, 0.4) is 0 Å². The van der Waals surface area contributed by atoms with Crippen molar-refractivity contribution >= 4 is 17.3 Å². The number of fused-ring (bicyclic) bond motifs is 3. The van der Waals surface area contributed by atoms with Crippen molar-refractivity contribution in [3.63, 3.8) is 0 Å². The fraction of sp³-hybridized carbons (Fsp3) is 0.208. The van der Waals surface area contributed by atoms with E-state index in [2.05, 4.69) is 23.1 Å². The van der Waals surface area contributed by atoms with Gasteiger partial charge in [0.25, 0.3) is 0 Å². The Labute approximate surface area is 164 Å². The van der Waals surface area contributed by atoms with E-state index in [1.54, 1.807) is 0 Å². The second-order valence-corrected chi connectivity index (χ2v) is 7.66. The summed E-state index contributed by atoms with van der Waals surface area (Å²) in [6, 6.07) is 28.4. The Hall–Kier alpha value is -3.27. The number of carbonyl (C=O) groups is 1. The van der Waals surface area contributed by atoms with Crippen molar-refractivity contribution in [2.24, 2.45) is 5.92 Å². The van der Waals surface area contributed by atoms with Crippen molar-refractivity contribution in [1.82, 2.24) is 0 Å². The number of benzene rings is 3. The molecule has 4 aliphatic rings. The van der Waals surface area contributed by atoms with Gasteiger partial charge in [0, 0.05) is 11.3 Å². The molecule has 3 aromatic carbocycles. The summed E-state index contributed by atoms with van der Waals surface area (Å²) in [5, 5.41) is 0. The van der Waals surface area contributed by atoms with Gasteiger partial charge in [-0.05, 0) is 37.1 Å². The molecule has 3 aromatic rings. The quantitative estimate of drug-likeness (QED) is 0.667. The van der Waals surface area contributed by atoms with Crippen molar-refractivity contribution in [3.8, 4) is 5.75 Å². The molecule has 1 amide bonds. The average Bonchev–Trinajstić information content (AvgIpc) is 3.13. The molecule has 4 aliphatic heterocycles. The summed E-state index contributed by atoms with van der Waals surface area (Å²) < 4.78 is 6.65. The lowest BCUT2D eigenvalue weighted by molar-refractivity contribution is -0.140. The predicted octanol–water partition coefficient (Wildman–Crippen LogP) is 4.52. The molecule has 0 saturated carbocycles. The Morgan fingerprint density at radius 1 is 0.821 bits per heavy atom. The molecule has 3 fully saturated rings. The first-order chi connectivity index (χ1) is 13.8. The van der Waals surface area contributed by atoms with Gasteiger partial charge in [0.05, 0.1) is 5.69 Å². The van der Waals surface area contributed by atoms with Crippen LogP contribution in [0.25, 0.3) is 0 Å². The van der Waals surface area contributed by atoms with E-state index in [4.69, 9.17) is 4.74 Å². The molecule has 7 rings (SSSR count). The lowest BCUT2D eigenvalue weighted by Crippen LogP contribution is -2.73. The molecule has 4 nitrogen and oxygen atoms in total. The van der Waals surface area contributed by atoms with E-state index in [-0.39, 0.29) is 18.0 Å². The maximum absolute atomic E-state index is 13.7. The highest BCUT2D eigenvalue weighted by atomic mass is 16.5. The van der Waals surface area contributed by atoms with Crippen molar-refractivity contribution in [3.05, 3.63) is 90.5 Å². The fourth-order valence-corrected chi connectivity index (χ4v) is 5.21. The van der Waals surface area contributed by atoms with Gasteiger partial charge in [0.1, 0.15) is 17.8 Å². The average molecular weight is 368 g/mol. The first-order valence-electron chi connectivity index (χ1n) is 9.82. The fourth-order valence-electron chi connectivity index (χ4n) is 5.21. The monoisotopic (exact) mass is 368 g/mol. The second kappa shape index (κ2) is 5.61. The number of amides is 1. The molecule has 28 heavy (non-hydrogen) atoms. The van der Waals surface area contributed by atoms with Crippen LogP contribution in [-0.4, -0.2) is 12.1 Å². The number of carbonyl (C=O) groups excluding carboxylic acids is 1. The smallest absolute Gasteiger partial charge is 0.238 e. The first-order valence-corrected chi connectivity index (χ1v) is 9.82. The lowest BCUT2D eigenvalue weighted by Gasteiger charge is -2.58. The highest BCUT2D eigenvalue weighted by Crippen LogP contribution is 2.59. The Morgan fingerprint density at radius 2 is 1.50 bits per heavy atom. The molecule has 4 heteroatoms. The maximum atomic E-state index is 13.7. The molecule has 4 heterocycles. The number of hydrogen-bond acceptors (Lipinski definition) is 3. The van der Waals surface area contributed by atoms with E-state index >= 15 is 0 Å². The van der Waals surface area contributed by atoms with Crippen LogP contribution in [0.5, 0.6) is 5.75 Å². The van der Waals surface area contributed by atoms with Crippen molar-refractivity contribution in [1.29, 1.82) is 0 Å². The number of nitrogens with zero attached hydrogens (tertiary/aromatic N) is 2. The summed E-state index contributed by atoms with van der Waals surface area (Å²) in [4.78, 5) is 18.0. The van der Waals surface area contributed by atoms with Crippen LogP contribution >= 0.6 is 0 Å². The van der Waals surface area contributed by atoms with E-state index in [0.29, 0.717) is 0 Å². The maximum Gasteiger partial charge on any atom is 0.238 e. The Bertz CT molecular complexity index is 1050. The molecule has 2 bridgehead atoms. The Balaban J connectivity index is 1.59. The molecule has 0 radical (unpaired) electrons. The zero-order valence-corrected chi connectivity index (χ0v) is 15.4. The van der Waals surface area contributed by atoms with Crippen LogP contribution in [0.4, 0.5) is 11.4 Å². The molecule has 3 atom stereocenters. The molecule has 138 valence electrons. The third-order valence-corrected chi connectivity index (χ3v) is 6.29. The Kier molecular flexibility index (Phi) is 3.16. The van der Waals surface area contributed by atoms with Crippen LogP contribution in [0.1, 0.15) is 18.4 Å². The number of rotatable bonds is 2. The lowest BCUT2D eigenvalue weighted by atomic mass is 9.75. The van der Waals surface area contributed by atoms with E-state index < -0.39 is 5.72 Å². The molecule has 0 N–H and O–H groups in total. The predicted molar refractivity (Wildman–Crippen MR) is 108 cm³/mol. The normalized spacial score (nSPS) is 27.4. The minimum atomic E-state index is -0.768. The summed E-state index contributed by atoms with van der Waals surface area (Å²) >= 11 is 0. The largest absolute Gasteiger partial charge is 0.461 e. The molecular formula is C24H20N2O2. The van der Waals surface area contributed by atoms with Gasteiger partial charge in [-0.3, -0.25) is 9.69 Å². The van der Waals surface area contributed by atoms with Gasteiger partial charge in [0.2, 0.25) is 11.6 Å². The number of hydrogen-bond donors (Lipinski definition) is 0. The van der Waals surface area contributed by atoms with Gasteiger partial charge < -0.3 is 9.64 Å². The molecule has 0 spiro atoms. The van der Waals surface area contributed by atoms with E-state index in [9.17, 15) is 4.79 Å². The highest BCUT2D eigenvalue weighted by molar-refractivity contribution is 6.00. The topological polar surface area (TPSA) is 32.8 Å². The third-order valence-electron chi connectivity index (χ3n) is 6.29. The van der Waals surface area contributed by atoms with Crippen LogP contribution in [0.15, 0.2) is 84.9 Å². The summed E-state index contributed by atoms with van der Waals surface area (Å²) in [5.41, 5.74) is 2.29. The van der Waals surface area contributed by atoms with Crippen LogP contribution in [-0.2, 0) is 10.5 Å². The van der Waals surface area contributed by atoms with Crippen LogP contribution < -0.4 is 14.5 Å². The van der Waals surface area contributed by atoms with Gasteiger partial charge in [0.15, 0.2) is 0 Å². The Morgan fingerprint density at radius 3 is 2.29 bits per heavy atom. The molecule has 0 unspecified atom stereocenters. The summed E-state index contributed by atoms with van der Waals surface area (Å²) in [7, 11) is 0. The number of ether oxygens (including phenoxy) is 1. The van der Waals surface area contributed by atoms with Crippen LogP contribution in [0, 0.1) is 5.92 Å². The standard InChI is InChI=1S/C24H20N2O2/c27-23-19-15-16-22(25(23)18-11-5-2-6-12-18)26-20-13-7-8-14-21(20)28-24(19,26)17-9-3-1-4-10-17/h1-14,19,22H,15-16H2/t19-,22-,24+/m1/s1. The zero-order valence-electron chi connectivity index (χ0n) is 15.4. The molecule has 3 saturated heterocycles. The van der Waals surface area contributed by atoms with E-state index in [0.717, 1.165) is 35.5 Å². The number of para-hydroxylation sites is 3. The number of piperidine rings is 2. The minimum absolute atomic E-state index is 0.0660. The molecule has 0 aromatic heterocycles. The minimum Gasteiger partial charge on any atom is -0.461 e. The second-order valence-electron chi connectivity index (χ2n) is 7.66. The van der Waals surface area contributed by atoms with Gasteiger partial charge in [-0.25, -0.2) is 0 Å². The van der Waals surface area contributed by atoms with E-state index in [1.165, 1.54) is 0 Å². The molecule has 0 aliphatic carbocycles. The van der Waals surface area contributed by atoms with Gasteiger partial charge in [-0.15, -0.1) is 0 Å². The van der Waals surface area contributed by atoms with Crippen molar-refractivity contribution in [2.75, 3.05) is 9.80 Å².